The van der Waals surface area contributed by atoms with E-state index >= 15 is 0 Å². The van der Waals surface area contributed by atoms with E-state index in [1.807, 2.05) is 7.05 Å². The zero-order valence-electron chi connectivity index (χ0n) is 16.5. The summed E-state index contributed by atoms with van der Waals surface area (Å²) < 4.78 is 27.5. The number of amides is 1. The molecule has 7 heteroatoms. The summed E-state index contributed by atoms with van der Waals surface area (Å²) in [4.78, 5) is 14.8. The molecule has 3 rings (SSSR count). The highest BCUT2D eigenvalue weighted by atomic mass is 32.2. The Bertz CT molecular complexity index is 747. The van der Waals surface area contributed by atoms with E-state index in [1.54, 1.807) is 33.5 Å². The monoisotopic (exact) mass is 393 g/mol. The van der Waals surface area contributed by atoms with Crippen molar-refractivity contribution in [3.63, 3.8) is 0 Å². The zero-order chi connectivity index (χ0) is 19.6. The van der Waals surface area contributed by atoms with E-state index in [0.717, 1.165) is 32.4 Å². The first-order valence-corrected chi connectivity index (χ1v) is 11.3. The topological polar surface area (TPSA) is 69.7 Å². The maximum atomic E-state index is 13.0. The highest BCUT2D eigenvalue weighted by Gasteiger charge is 2.32. The van der Waals surface area contributed by atoms with Crippen molar-refractivity contribution in [2.45, 2.75) is 44.0 Å². The average Bonchev–Trinajstić information content (AvgIpc) is 2.67. The van der Waals surface area contributed by atoms with Crippen LogP contribution in [0.1, 0.15) is 43.5 Å². The first-order chi connectivity index (χ1) is 12.8. The van der Waals surface area contributed by atoms with Crippen LogP contribution in [0.2, 0.25) is 0 Å². The molecule has 2 saturated heterocycles. The second kappa shape index (κ2) is 8.29. The Balaban J connectivity index is 1.73. The van der Waals surface area contributed by atoms with Crippen molar-refractivity contribution in [2.75, 3.05) is 33.2 Å². The van der Waals surface area contributed by atoms with Crippen LogP contribution in [0.25, 0.3) is 0 Å². The van der Waals surface area contributed by atoms with Crippen molar-refractivity contribution >= 4 is 15.9 Å². The van der Waals surface area contributed by atoms with Crippen LogP contribution in [0.4, 0.5) is 0 Å². The number of sulfonamides is 1. The van der Waals surface area contributed by atoms with Crippen LogP contribution in [0, 0.1) is 11.8 Å². The number of benzene rings is 1. The lowest BCUT2D eigenvalue weighted by molar-refractivity contribution is 0.0703. The Morgan fingerprint density at radius 1 is 1.07 bits per heavy atom. The Kier molecular flexibility index (Phi) is 6.23. The van der Waals surface area contributed by atoms with Gasteiger partial charge in [0, 0.05) is 31.7 Å². The number of rotatable bonds is 4. The predicted octanol–water partition coefficient (Wildman–Crippen LogP) is 2.18. The van der Waals surface area contributed by atoms with Gasteiger partial charge in [-0.3, -0.25) is 4.79 Å². The Morgan fingerprint density at radius 3 is 2.19 bits per heavy atom. The molecule has 0 radical (unpaired) electrons. The Morgan fingerprint density at radius 2 is 1.63 bits per heavy atom. The van der Waals surface area contributed by atoms with Gasteiger partial charge in [-0.1, -0.05) is 13.8 Å². The molecule has 2 aliphatic heterocycles. The number of nitrogens with one attached hydrogen (secondary N) is 1. The van der Waals surface area contributed by atoms with Gasteiger partial charge in [0.15, 0.2) is 0 Å². The van der Waals surface area contributed by atoms with E-state index < -0.39 is 10.0 Å². The molecule has 0 aromatic heterocycles. The van der Waals surface area contributed by atoms with Gasteiger partial charge in [-0.15, -0.1) is 0 Å². The maximum Gasteiger partial charge on any atom is 0.253 e. The molecule has 1 aromatic rings. The third-order valence-electron chi connectivity index (χ3n) is 5.75. The SMILES string of the molecule is CC1CC(C)CN(S(=O)(=O)c2ccc(C(=O)N(C)C3CCNCC3)cc2)C1. The minimum absolute atomic E-state index is 0.0499. The molecule has 1 aromatic carbocycles. The van der Waals surface area contributed by atoms with Crippen LogP contribution < -0.4 is 5.32 Å². The van der Waals surface area contributed by atoms with Crippen molar-refractivity contribution in [1.29, 1.82) is 0 Å². The first-order valence-electron chi connectivity index (χ1n) is 9.87. The number of hydrogen-bond acceptors (Lipinski definition) is 4. The van der Waals surface area contributed by atoms with Crippen molar-refractivity contribution in [3.05, 3.63) is 29.8 Å². The zero-order valence-corrected chi connectivity index (χ0v) is 17.3. The molecular weight excluding hydrogens is 362 g/mol. The highest BCUT2D eigenvalue weighted by Crippen LogP contribution is 2.27. The molecule has 2 fully saturated rings. The summed E-state index contributed by atoms with van der Waals surface area (Å²) in [5.41, 5.74) is 0.537. The summed E-state index contributed by atoms with van der Waals surface area (Å²) in [5.74, 6) is 0.678. The minimum Gasteiger partial charge on any atom is -0.339 e. The van der Waals surface area contributed by atoms with Gasteiger partial charge in [-0.2, -0.15) is 4.31 Å². The summed E-state index contributed by atoms with van der Waals surface area (Å²) >= 11 is 0. The van der Waals surface area contributed by atoms with Crippen molar-refractivity contribution in [1.82, 2.24) is 14.5 Å². The molecule has 0 spiro atoms. The van der Waals surface area contributed by atoms with Gasteiger partial charge in [0.05, 0.1) is 4.90 Å². The van der Waals surface area contributed by atoms with Crippen LogP contribution in [0.5, 0.6) is 0 Å². The molecule has 2 aliphatic rings. The average molecular weight is 394 g/mol. The lowest BCUT2D eigenvalue weighted by Gasteiger charge is -2.34. The van der Waals surface area contributed by atoms with Gasteiger partial charge < -0.3 is 10.2 Å². The number of carbonyl (C=O) groups is 1. The summed E-state index contributed by atoms with van der Waals surface area (Å²) in [6.07, 6.45) is 2.95. The highest BCUT2D eigenvalue weighted by molar-refractivity contribution is 7.89. The van der Waals surface area contributed by atoms with Crippen LogP contribution >= 0.6 is 0 Å². The van der Waals surface area contributed by atoms with Gasteiger partial charge in [0.2, 0.25) is 10.0 Å². The van der Waals surface area contributed by atoms with Gasteiger partial charge >= 0.3 is 0 Å². The molecule has 2 atom stereocenters. The van der Waals surface area contributed by atoms with Crippen LogP contribution in [0.3, 0.4) is 0 Å². The number of hydrogen-bond donors (Lipinski definition) is 1. The fourth-order valence-electron chi connectivity index (χ4n) is 4.28. The minimum atomic E-state index is -3.51. The largest absolute Gasteiger partial charge is 0.339 e. The quantitative estimate of drug-likeness (QED) is 0.851. The van der Waals surface area contributed by atoms with Crippen LogP contribution in [-0.4, -0.2) is 62.8 Å². The van der Waals surface area contributed by atoms with E-state index in [1.165, 1.54) is 0 Å². The van der Waals surface area contributed by atoms with Crippen LogP contribution in [-0.2, 0) is 10.0 Å². The van der Waals surface area contributed by atoms with Crippen molar-refractivity contribution < 1.29 is 13.2 Å². The Hall–Kier alpha value is -1.44. The number of nitrogens with zero attached hydrogens (tertiary/aromatic N) is 2. The van der Waals surface area contributed by atoms with Gasteiger partial charge in [0.25, 0.3) is 5.91 Å². The third-order valence-corrected chi connectivity index (χ3v) is 7.60. The second-order valence-corrected chi connectivity index (χ2v) is 10.1. The van der Waals surface area contributed by atoms with Crippen molar-refractivity contribution in [2.24, 2.45) is 11.8 Å². The van der Waals surface area contributed by atoms with Gasteiger partial charge in [-0.25, -0.2) is 8.42 Å². The second-order valence-electron chi connectivity index (χ2n) is 8.19. The predicted molar refractivity (Wildman–Crippen MR) is 106 cm³/mol. The summed E-state index contributed by atoms with van der Waals surface area (Å²) in [6.45, 7) is 7.16. The smallest absolute Gasteiger partial charge is 0.253 e. The number of carbonyl (C=O) groups excluding carboxylic acids is 1. The molecule has 2 unspecified atom stereocenters. The van der Waals surface area contributed by atoms with Crippen LogP contribution in [0.15, 0.2) is 29.2 Å². The molecule has 0 aliphatic carbocycles. The molecule has 6 nitrogen and oxygen atoms in total. The summed E-state index contributed by atoms with van der Waals surface area (Å²) in [5, 5.41) is 3.30. The molecule has 0 saturated carbocycles. The van der Waals surface area contributed by atoms with E-state index in [-0.39, 0.29) is 16.8 Å². The number of piperidine rings is 2. The lowest BCUT2D eigenvalue weighted by atomic mass is 9.94. The van der Waals surface area contributed by atoms with E-state index in [2.05, 4.69) is 19.2 Å². The van der Waals surface area contributed by atoms with Gasteiger partial charge in [0.1, 0.15) is 0 Å². The van der Waals surface area contributed by atoms with Crippen molar-refractivity contribution in [3.8, 4) is 0 Å². The molecule has 0 bridgehead atoms. The molecule has 27 heavy (non-hydrogen) atoms. The van der Waals surface area contributed by atoms with Gasteiger partial charge in [-0.05, 0) is 68.5 Å². The lowest BCUT2D eigenvalue weighted by Crippen LogP contribution is -2.44. The van der Waals surface area contributed by atoms with E-state index in [9.17, 15) is 13.2 Å². The summed E-state index contributed by atoms with van der Waals surface area (Å²) in [7, 11) is -1.68. The first kappa shape index (κ1) is 20.3. The Labute approximate surface area is 163 Å². The molecule has 150 valence electrons. The van der Waals surface area contributed by atoms with E-state index in [0.29, 0.717) is 30.5 Å². The molecule has 1 N–H and O–H groups in total. The third kappa shape index (κ3) is 4.52. The molecule has 1 amide bonds. The normalized spacial score (nSPS) is 25.3. The maximum absolute atomic E-state index is 13.0. The summed E-state index contributed by atoms with van der Waals surface area (Å²) in [6, 6.07) is 6.66. The van der Waals surface area contributed by atoms with E-state index in [4.69, 9.17) is 0 Å². The fourth-order valence-corrected chi connectivity index (χ4v) is 5.96. The molecular formula is C20H31N3O3S. The standard InChI is InChI=1S/C20H31N3O3S/c1-15-12-16(2)14-23(13-15)27(25,26)19-6-4-17(5-7-19)20(24)22(3)18-8-10-21-11-9-18/h4-7,15-16,18,21H,8-14H2,1-3H3. The molecule has 2 heterocycles. The fraction of sp³-hybridized carbons (Fsp3) is 0.650.